The van der Waals surface area contributed by atoms with Gasteiger partial charge in [-0.3, -0.25) is 4.79 Å². The normalized spacial score (nSPS) is 10.3. The summed E-state index contributed by atoms with van der Waals surface area (Å²) < 4.78 is 0. The Morgan fingerprint density at radius 2 is 1.89 bits per heavy atom. The lowest BCUT2D eigenvalue weighted by Crippen LogP contribution is -2.17. The number of hydrogen-bond donors (Lipinski definition) is 2. The highest BCUT2D eigenvalue weighted by Gasteiger charge is 2.25. The van der Waals surface area contributed by atoms with E-state index in [9.17, 15) is 9.59 Å². The summed E-state index contributed by atoms with van der Waals surface area (Å²) in [5.74, 6) is 3.98. The molecule has 2 aromatic rings. The topological polar surface area (TPSA) is 98.2 Å². The summed E-state index contributed by atoms with van der Waals surface area (Å²) >= 11 is 0. The van der Waals surface area contributed by atoms with Crippen molar-refractivity contribution in [1.82, 2.24) is 9.89 Å². The van der Waals surface area contributed by atoms with E-state index >= 15 is 0 Å². The number of nitrogens with two attached hydrogens (primary N) is 1. The maximum Gasteiger partial charge on any atom is 0.357 e. The molecule has 0 spiro atoms. The van der Waals surface area contributed by atoms with Crippen molar-refractivity contribution in [2.45, 2.75) is 6.92 Å². The van der Waals surface area contributed by atoms with E-state index in [0.29, 0.717) is 5.56 Å². The van der Waals surface area contributed by atoms with E-state index in [1.54, 1.807) is 30.3 Å². The van der Waals surface area contributed by atoms with Gasteiger partial charge in [0.15, 0.2) is 11.5 Å². The molecule has 6 nitrogen and oxygen atoms in total. The lowest BCUT2D eigenvalue weighted by Gasteiger charge is -2.02. The molecule has 1 aromatic heterocycles. The summed E-state index contributed by atoms with van der Waals surface area (Å²) in [6.07, 6.45) is 0. The molecule has 2 rings (SSSR count). The molecule has 0 amide bonds. The van der Waals surface area contributed by atoms with E-state index in [4.69, 9.17) is 10.9 Å². The van der Waals surface area contributed by atoms with Gasteiger partial charge in [0, 0.05) is 12.5 Å². The number of carbonyl (C=O) groups is 2. The Bertz CT molecular complexity index is 617. The van der Waals surface area contributed by atoms with Gasteiger partial charge in [-0.15, -0.1) is 5.10 Å². The maximum atomic E-state index is 11.6. The van der Waals surface area contributed by atoms with E-state index in [-0.39, 0.29) is 22.7 Å². The summed E-state index contributed by atoms with van der Waals surface area (Å²) in [4.78, 5) is 23.5. The van der Waals surface area contributed by atoms with Crippen LogP contribution in [0.4, 0.5) is 0 Å². The predicted molar refractivity (Wildman–Crippen MR) is 64.8 cm³/mol. The first-order valence-electron chi connectivity index (χ1n) is 5.20. The van der Waals surface area contributed by atoms with E-state index < -0.39 is 5.97 Å². The summed E-state index contributed by atoms with van der Waals surface area (Å²) in [6.45, 7) is 1.32. The zero-order valence-electron chi connectivity index (χ0n) is 9.62. The Morgan fingerprint density at radius 3 is 2.39 bits per heavy atom. The highest BCUT2D eigenvalue weighted by atomic mass is 16.4. The molecule has 0 unspecified atom stereocenters. The molecule has 18 heavy (non-hydrogen) atoms. The molecule has 3 N–H and O–H groups in total. The van der Waals surface area contributed by atoms with E-state index in [1.807, 2.05) is 0 Å². The minimum Gasteiger partial charge on any atom is -0.476 e. The molecule has 0 aliphatic carbocycles. The van der Waals surface area contributed by atoms with Crippen LogP contribution in [-0.2, 0) is 0 Å². The lowest BCUT2D eigenvalue weighted by molar-refractivity contribution is 0.0690. The highest BCUT2D eigenvalue weighted by molar-refractivity contribution is 6.05. The van der Waals surface area contributed by atoms with Crippen LogP contribution in [0.3, 0.4) is 0 Å². The average Bonchev–Trinajstić information content (AvgIpc) is 2.68. The van der Waals surface area contributed by atoms with Crippen LogP contribution in [0.2, 0.25) is 0 Å². The molecule has 0 fully saturated rings. The zero-order valence-corrected chi connectivity index (χ0v) is 9.62. The second kappa shape index (κ2) is 4.33. The van der Waals surface area contributed by atoms with Crippen LogP contribution >= 0.6 is 0 Å². The van der Waals surface area contributed by atoms with Crippen molar-refractivity contribution in [3.63, 3.8) is 0 Å². The van der Waals surface area contributed by atoms with Crippen molar-refractivity contribution >= 4 is 11.8 Å². The molecule has 0 bridgehead atoms. The quantitative estimate of drug-likeness (QED) is 0.624. The molecule has 0 saturated carbocycles. The number of hydrogen-bond acceptors (Lipinski definition) is 4. The van der Waals surface area contributed by atoms with Gasteiger partial charge in [0.2, 0.25) is 0 Å². The molecule has 0 radical (unpaired) electrons. The third-order valence-electron chi connectivity index (χ3n) is 2.51. The SMILES string of the molecule is CC(=O)c1c(-c2ccccc2)c(C(=O)O)nn1N. The molecule has 0 aliphatic rings. The summed E-state index contributed by atoms with van der Waals surface area (Å²) in [5, 5.41) is 12.8. The maximum absolute atomic E-state index is 11.6. The first kappa shape index (κ1) is 11.8. The van der Waals surface area contributed by atoms with Crippen LogP contribution in [0.1, 0.15) is 27.9 Å². The van der Waals surface area contributed by atoms with Crippen LogP contribution in [0.5, 0.6) is 0 Å². The molecule has 0 atom stereocenters. The number of aromatic nitrogens is 2. The Labute approximate surface area is 103 Å². The third kappa shape index (κ3) is 1.84. The molecular formula is C12H11N3O3. The smallest absolute Gasteiger partial charge is 0.357 e. The average molecular weight is 245 g/mol. The minimum absolute atomic E-state index is 0.0820. The fourth-order valence-electron chi connectivity index (χ4n) is 1.80. The van der Waals surface area contributed by atoms with Gasteiger partial charge in [0.25, 0.3) is 0 Å². The summed E-state index contributed by atoms with van der Waals surface area (Å²) in [6, 6.07) is 8.70. The second-order valence-corrected chi connectivity index (χ2v) is 3.74. The van der Waals surface area contributed by atoms with E-state index in [1.165, 1.54) is 6.92 Å². The van der Waals surface area contributed by atoms with Crippen molar-refractivity contribution < 1.29 is 14.7 Å². The Balaban J connectivity index is 2.78. The van der Waals surface area contributed by atoms with Crippen molar-refractivity contribution in [3.8, 4) is 11.1 Å². The van der Waals surface area contributed by atoms with Gasteiger partial charge in [-0.1, -0.05) is 30.3 Å². The monoisotopic (exact) mass is 245 g/mol. The van der Waals surface area contributed by atoms with Gasteiger partial charge in [-0.2, -0.15) is 4.79 Å². The summed E-state index contributed by atoms with van der Waals surface area (Å²) in [7, 11) is 0. The van der Waals surface area contributed by atoms with Crippen molar-refractivity contribution in [1.29, 1.82) is 0 Å². The van der Waals surface area contributed by atoms with Gasteiger partial charge in [-0.05, 0) is 5.56 Å². The number of aromatic carboxylic acids is 1. The zero-order chi connectivity index (χ0) is 13.3. The van der Waals surface area contributed by atoms with Gasteiger partial charge in [-0.25, -0.2) is 4.79 Å². The molecule has 0 saturated heterocycles. The lowest BCUT2D eigenvalue weighted by atomic mass is 10.0. The van der Waals surface area contributed by atoms with Crippen molar-refractivity contribution in [2.24, 2.45) is 0 Å². The second-order valence-electron chi connectivity index (χ2n) is 3.74. The number of carbonyl (C=O) groups excluding carboxylic acids is 1. The Kier molecular flexibility index (Phi) is 2.85. The van der Waals surface area contributed by atoms with Gasteiger partial charge in [0.05, 0.1) is 0 Å². The fourth-order valence-corrected chi connectivity index (χ4v) is 1.80. The Hall–Kier alpha value is -2.63. The number of Topliss-reactive ketones (excluding diaryl/α,β-unsaturated/α-hetero) is 1. The van der Waals surface area contributed by atoms with Crippen LogP contribution < -0.4 is 5.84 Å². The van der Waals surface area contributed by atoms with Gasteiger partial charge < -0.3 is 10.9 Å². The Morgan fingerprint density at radius 1 is 1.28 bits per heavy atom. The first-order chi connectivity index (χ1) is 8.52. The van der Waals surface area contributed by atoms with Crippen molar-refractivity contribution in [2.75, 3.05) is 5.84 Å². The van der Waals surface area contributed by atoms with Crippen LogP contribution in [-0.4, -0.2) is 26.7 Å². The number of benzene rings is 1. The van der Waals surface area contributed by atoms with Crippen molar-refractivity contribution in [3.05, 3.63) is 41.7 Å². The standard InChI is InChI=1S/C12H11N3O3/c1-7(16)11-9(8-5-3-2-4-6-8)10(12(17)18)14-15(11)13/h2-6H,13H2,1H3,(H,17,18). The van der Waals surface area contributed by atoms with E-state index in [0.717, 1.165) is 4.79 Å². The number of carboxylic acids is 1. The highest BCUT2D eigenvalue weighted by Crippen LogP contribution is 2.27. The molecule has 6 heteroatoms. The number of nitrogen functional groups attached to an aromatic ring is 1. The predicted octanol–water partition coefficient (Wildman–Crippen LogP) is 1.16. The number of rotatable bonds is 3. The number of nitrogens with zero attached hydrogens (tertiary/aromatic N) is 2. The minimum atomic E-state index is -1.22. The fraction of sp³-hybridized carbons (Fsp3) is 0.0833. The van der Waals surface area contributed by atoms with Crippen LogP contribution in [0.15, 0.2) is 30.3 Å². The number of carboxylic acid groups (broad SMARTS) is 1. The third-order valence-corrected chi connectivity index (χ3v) is 2.51. The molecular weight excluding hydrogens is 234 g/mol. The van der Waals surface area contributed by atoms with Crippen LogP contribution in [0.25, 0.3) is 11.1 Å². The largest absolute Gasteiger partial charge is 0.476 e. The molecule has 1 heterocycles. The first-order valence-corrected chi connectivity index (χ1v) is 5.20. The molecule has 0 aliphatic heterocycles. The molecule has 92 valence electrons. The number of ketones is 1. The van der Waals surface area contributed by atoms with E-state index in [2.05, 4.69) is 5.10 Å². The summed E-state index contributed by atoms with van der Waals surface area (Å²) in [5.41, 5.74) is 0.697. The van der Waals surface area contributed by atoms with Gasteiger partial charge >= 0.3 is 5.97 Å². The van der Waals surface area contributed by atoms with Gasteiger partial charge in [0.1, 0.15) is 5.69 Å². The van der Waals surface area contributed by atoms with Crippen LogP contribution in [0, 0.1) is 0 Å². The molecule has 1 aromatic carbocycles.